The van der Waals surface area contributed by atoms with Crippen LogP contribution in [0, 0.1) is 0 Å². The van der Waals surface area contributed by atoms with Gasteiger partial charge in [-0.1, -0.05) is 12.1 Å². The highest BCUT2D eigenvalue weighted by Crippen LogP contribution is 2.26. The van der Waals surface area contributed by atoms with Gasteiger partial charge in [-0.15, -0.1) is 0 Å². The van der Waals surface area contributed by atoms with Gasteiger partial charge < -0.3 is 9.84 Å². The maximum Gasteiger partial charge on any atom is 0.122 e. The standard InChI is InChI=1S/C17H19NO2/c19-16(12-14-5-8-18-9-6-14)3-1-13-2-4-17-15(11-13)7-10-20-17/h2,4-6,8-9,11,16,19H,1,3,7,10,12H2. The predicted molar refractivity (Wildman–Crippen MR) is 77.9 cm³/mol. The number of nitrogens with zero attached hydrogens (tertiary/aromatic N) is 1. The van der Waals surface area contributed by atoms with Crippen LogP contribution in [0.4, 0.5) is 0 Å². The summed E-state index contributed by atoms with van der Waals surface area (Å²) in [7, 11) is 0. The molecule has 1 aliphatic heterocycles. The van der Waals surface area contributed by atoms with Crippen LogP contribution in [0.25, 0.3) is 0 Å². The van der Waals surface area contributed by atoms with E-state index >= 15 is 0 Å². The lowest BCUT2D eigenvalue weighted by Gasteiger charge is -2.11. The molecular formula is C17H19NO2. The summed E-state index contributed by atoms with van der Waals surface area (Å²) in [6.07, 6.45) is 6.60. The zero-order chi connectivity index (χ0) is 13.8. The van der Waals surface area contributed by atoms with Crippen LogP contribution in [0.5, 0.6) is 5.75 Å². The number of ether oxygens (including phenoxy) is 1. The normalized spacial score (nSPS) is 14.7. The summed E-state index contributed by atoms with van der Waals surface area (Å²) in [5, 5.41) is 10.1. The lowest BCUT2D eigenvalue weighted by molar-refractivity contribution is 0.165. The van der Waals surface area contributed by atoms with Gasteiger partial charge in [0.15, 0.2) is 0 Å². The van der Waals surface area contributed by atoms with Crippen LogP contribution in [0.3, 0.4) is 0 Å². The van der Waals surface area contributed by atoms with Crippen molar-refractivity contribution in [3.05, 3.63) is 59.4 Å². The van der Waals surface area contributed by atoms with Gasteiger partial charge in [-0.05, 0) is 54.2 Å². The molecule has 0 radical (unpaired) electrons. The lowest BCUT2D eigenvalue weighted by atomic mass is 10.00. The Hall–Kier alpha value is -1.87. The predicted octanol–water partition coefficient (Wildman–Crippen LogP) is 2.55. The first kappa shape index (κ1) is 13.1. The van der Waals surface area contributed by atoms with Gasteiger partial charge in [0.1, 0.15) is 5.75 Å². The molecule has 0 spiro atoms. The molecule has 0 saturated heterocycles. The number of benzene rings is 1. The second-order valence-corrected chi connectivity index (χ2v) is 5.29. The van der Waals surface area contributed by atoms with Gasteiger partial charge >= 0.3 is 0 Å². The average molecular weight is 269 g/mol. The number of aryl methyl sites for hydroxylation is 1. The summed E-state index contributed by atoms with van der Waals surface area (Å²) in [6, 6.07) is 10.3. The minimum absolute atomic E-state index is 0.304. The topological polar surface area (TPSA) is 42.4 Å². The van der Waals surface area contributed by atoms with E-state index in [-0.39, 0.29) is 6.10 Å². The smallest absolute Gasteiger partial charge is 0.122 e. The molecule has 0 amide bonds. The maximum atomic E-state index is 10.1. The number of rotatable bonds is 5. The molecule has 1 aromatic carbocycles. The van der Waals surface area contributed by atoms with Crippen LogP contribution in [-0.4, -0.2) is 22.8 Å². The summed E-state index contributed by atoms with van der Waals surface area (Å²) in [5.74, 6) is 1.02. The summed E-state index contributed by atoms with van der Waals surface area (Å²) < 4.78 is 5.50. The Morgan fingerprint density at radius 1 is 1.15 bits per heavy atom. The summed E-state index contributed by atoms with van der Waals surface area (Å²) in [6.45, 7) is 0.795. The number of pyridine rings is 1. The van der Waals surface area contributed by atoms with Gasteiger partial charge in [0.25, 0.3) is 0 Å². The van der Waals surface area contributed by atoms with Crippen LogP contribution < -0.4 is 4.74 Å². The van der Waals surface area contributed by atoms with Gasteiger partial charge in [-0.3, -0.25) is 4.98 Å². The van der Waals surface area contributed by atoms with E-state index in [0.717, 1.165) is 37.2 Å². The van der Waals surface area contributed by atoms with Gasteiger partial charge in [0.05, 0.1) is 12.7 Å². The number of fused-ring (bicyclic) bond motifs is 1. The van der Waals surface area contributed by atoms with Crippen molar-refractivity contribution in [2.75, 3.05) is 6.61 Å². The molecule has 1 atom stereocenters. The van der Waals surface area contributed by atoms with Crippen molar-refractivity contribution in [1.29, 1.82) is 0 Å². The third-order valence-electron chi connectivity index (χ3n) is 3.74. The van der Waals surface area contributed by atoms with E-state index in [9.17, 15) is 5.11 Å². The fourth-order valence-electron chi connectivity index (χ4n) is 2.62. The molecule has 0 fully saturated rings. The number of hydrogen-bond donors (Lipinski definition) is 1. The molecule has 2 heterocycles. The van der Waals surface area contributed by atoms with Crippen molar-refractivity contribution in [2.45, 2.75) is 31.8 Å². The quantitative estimate of drug-likeness (QED) is 0.907. The van der Waals surface area contributed by atoms with Crippen LogP contribution >= 0.6 is 0 Å². The fourth-order valence-corrected chi connectivity index (χ4v) is 2.62. The first-order valence-corrected chi connectivity index (χ1v) is 7.13. The Bertz CT molecular complexity index is 568. The lowest BCUT2D eigenvalue weighted by Crippen LogP contribution is -2.11. The van der Waals surface area contributed by atoms with Crippen molar-refractivity contribution in [3.8, 4) is 5.75 Å². The molecule has 3 rings (SSSR count). The molecule has 0 bridgehead atoms. The van der Waals surface area contributed by atoms with E-state index in [4.69, 9.17) is 4.74 Å². The Labute approximate surface area is 119 Å². The molecule has 1 aliphatic rings. The summed E-state index contributed by atoms with van der Waals surface area (Å²) in [5.41, 5.74) is 3.71. The van der Waals surface area contributed by atoms with Gasteiger partial charge in [-0.25, -0.2) is 0 Å². The van der Waals surface area contributed by atoms with Crippen molar-refractivity contribution in [1.82, 2.24) is 4.98 Å². The molecule has 1 N–H and O–H groups in total. The molecule has 0 saturated carbocycles. The summed E-state index contributed by atoms with van der Waals surface area (Å²) in [4.78, 5) is 3.99. The molecule has 1 aromatic heterocycles. The fraction of sp³-hybridized carbons (Fsp3) is 0.353. The highest BCUT2D eigenvalue weighted by molar-refractivity contribution is 5.39. The van der Waals surface area contributed by atoms with Crippen molar-refractivity contribution in [2.24, 2.45) is 0 Å². The minimum Gasteiger partial charge on any atom is -0.493 e. The molecule has 2 aromatic rings. The third kappa shape index (κ3) is 3.17. The van der Waals surface area contributed by atoms with Crippen LogP contribution in [0.2, 0.25) is 0 Å². The zero-order valence-corrected chi connectivity index (χ0v) is 11.5. The van der Waals surface area contributed by atoms with E-state index in [0.29, 0.717) is 6.42 Å². The van der Waals surface area contributed by atoms with Crippen LogP contribution in [0.1, 0.15) is 23.1 Å². The van der Waals surface area contributed by atoms with E-state index in [1.165, 1.54) is 11.1 Å². The SMILES string of the molecule is OC(CCc1ccc2c(c1)CCO2)Cc1ccncc1. The first-order valence-electron chi connectivity index (χ1n) is 7.13. The largest absolute Gasteiger partial charge is 0.493 e. The minimum atomic E-state index is -0.304. The highest BCUT2D eigenvalue weighted by Gasteiger charge is 2.12. The second-order valence-electron chi connectivity index (χ2n) is 5.29. The zero-order valence-electron chi connectivity index (χ0n) is 11.5. The molecule has 20 heavy (non-hydrogen) atoms. The first-order chi connectivity index (χ1) is 9.81. The average Bonchev–Trinajstić information content (AvgIpc) is 2.93. The second kappa shape index (κ2) is 6.06. The molecule has 3 heteroatoms. The highest BCUT2D eigenvalue weighted by atomic mass is 16.5. The molecule has 1 unspecified atom stereocenters. The number of hydrogen-bond acceptors (Lipinski definition) is 3. The molecule has 0 aliphatic carbocycles. The van der Waals surface area contributed by atoms with Gasteiger partial charge in [-0.2, -0.15) is 0 Å². The Balaban J connectivity index is 1.54. The monoisotopic (exact) mass is 269 g/mol. The number of aliphatic hydroxyl groups excluding tert-OH is 1. The molecule has 3 nitrogen and oxygen atoms in total. The van der Waals surface area contributed by atoms with Crippen molar-refractivity contribution in [3.63, 3.8) is 0 Å². The van der Waals surface area contributed by atoms with E-state index in [1.807, 2.05) is 18.2 Å². The van der Waals surface area contributed by atoms with Crippen molar-refractivity contribution >= 4 is 0 Å². The Morgan fingerprint density at radius 2 is 2.00 bits per heavy atom. The van der Waals surface area contributed by atoms with Crippen molar-refractivity contribution < 1.29 is 9.84 Å². The maximum absolute atomic E-state index is 10.1. The van der Waals surface area contributed by atoms with E-state index < -0.39 is 0 Å². The van der Waals surface area contributed by atoms with E-state index in [2.05, 4.69) is 17.1 Å². The summed E-state index contributed by atoms with van der Waals surface area (Å²) >= 11 is 0. The van der Waals surface area contributed by atoms with Gasteiger partial charge in [0, 0.05) is 18.8 Å². The van der Waals surface area contributed by atoms with Crippen LogP contribution in [0.15, 0.2) is 42.7 Å². The van der Waals surface area contributed by atoms with E-state index in [1.54, 1.807) is 12.4 Å². The third-order valence-corrected chi connectivity index (χ3v) is 3.74. The van der Waals surface area contributed by atoms with Crippen LogP contribution in [-0.2, 0) is 19.3 Å². The number of aliphatic hydroxyl groups is 1. The molecular weight excluding hydrogens is 250 g/mol. The number of aromatic nitrogens is 1. The Kier molecular flexibility index (Phi) is 3.97. The molecule has 104 valence electrons. The Morgan fingerprint density at radius 3 is 2.85 bits per heavy atom. The van der Waals surface area contributed by atoms with Gasteiger partial charge in [0.2, 0.25) is 0 Å².